The Kier molecular flexibility index (Phi) is 2.54. The molecule has 1 aliphatic carbocycles. The fourth-order valence-electron chi connectivity index (χ4n) is 2.48. The summed E-state index contributed by atoms with van der Waals surface area (Å²) in [6, 6.07) is 0. The molecule has 5 heteroatoms. The van der Waals surface area contributed by atoms with E-state index in [0.717, 1.165) is 5.69 Å². The van der Waals surface area contributed by atoms with Crippen molar-refractivity contribution in [1.82, 2.24) is 10.2 Å². The van der Waals surface area contributed by atoms with Crippen molar-refractivity contribution < 1.29 is 15.0 Å². The van der Waals surface area contributed by atoms with Crippen LogP contribution in [0.25, 0.3) is 0 Å². The summed E-state index contributed by atoms with van der Waals surface area (Å²) in [5.41, 5.74) is 0.402. The first-order chi connectivity index (χ1) is 7.77. The van der Waals surface area contributed by atoms with E-state index in [2.05, 4.69) is 10.2 Å². The molecule has 1 aromatic rings. The molecular weight excluding hydrogens is 220 g/mol. The number of aromatic nitrogens is 2. The number of aliphatic carboxylic acids is 1. The van der Waals surface area contributed by atoms with Gasteiger partial charge in [-0.1, -0.05) is 20.8 Å². The predicted molar refractivity (Wildman–Crippen MR) is 61.8 cm³/mol. The topological polar surface area (TPSA) is 86.2 Å². The lowest BCUT2D eigenvalue weighted by atomic mass is 9.61. The fraction of sp³-hybridized carbons (Fsp3) is 0.667. The van der Waals surface area contributed by atoms with Crippen molar-refractivity contribution in [2.75, 3.05) is 0 Å². The molecule has 1 aliphatic rings. The van der Waals surface area contributed by atoms with Crippen LogP contribution < -0.4 is 0 Å². The number of aromatic amines is 1. The van der Waals surface area contributed by atoms with E-state index in [1.54, 1.807) is 6.20 Å². The van der Waals surface area contributed by atoms with E-state index in [-0.39, 0.29) is 18.3 Å². The van der Waals surface area contributed by atoms with E-state index >= 15 is 0 Å². The van der Waals surface area contributed by atoms with Crippen LogP contribution in [-0.2, 0) is 15.6 Å². The van der Waals surface area contributed by atoms with E-state index in [0.29, 0.717) is 5.56 Å². The lowest BCUT2D eigenvalue weighted by Gasteiger charge is -2.42. The lowest BCUT2D eigenvalue weighted by Crippen LogP contribution is -2.51. The van der Waals surface area contributed by atoms with E-state index in [4.69, 9.17) is 0 Å². The SMILES string of the molecule is CC(C)(C)c1[nH]ncc1C1(C(=O)O)CC(O)C1. The quantitative estimate of drug-likeness (QED) is 0.722. The van der Waals surface area contributed by atoms with Gasteiger partial charge in [0.2, 0.25) is 0 Å². The second kappa shape index (κ2) is 3.57. The van der Waals surface area contributed by atoms with Crippen molar-refractivity contribution in [2.24, 2.45) is 0 Å². The molecule has 1 heterocycles. The van der Waals surface area contributed by atoms with Crippen LogP contribution in [0, 0.1) is 0 Å². The standard InChI is InChI=1S/C12H18N2O3/c1-11(2,3)9-8(6-13-14-9)12(10(16)17)4-7(15)5-12/h6-7,15H,4-5H2,1-3H3,(H,13,14)(H,16,17). The van der Waals surface area contributed by atoms with Gasteiger partial charge in [0.25, 0.3) is 0 Å². The molecule has 1 fully saturated rings. The number of carbonyl (C=O) groups is 1. The molecule has 1 aromatic heterocycles. The molecule has 0 radical (unpaired) electrons. The molecule has 0 bridgehead atoms. The van der Waals surface area contributed by atoms with Crippen LogP contribution in [0.3, 0.4) is 0 Å². The van der Waals surface area contributed by atoms with Crippen molar-refractivity contribution >= 4 is 5.97 Å². The van der Waals surface area contributed by atoms with Gasteiger partial charge < -0.3 is 10.2 Å². The third-order valence-electron chi connectivity index (χ3n) is 3.48. The van der Waals surface area contributed by atoms with Crippen molar-refractivity contribution in [3.8, 4) is 0 Å². The first kappa shape index (κ1) is 12.1. The molecule has 0 aliphatic heterocycles. The largest absolute Gasteiger partial charge is 0.481 e. The molecule has 0 amide bonds. The highest BCUT2D eigenvalue weighted by atomic mass is 16.4. The molecule has 0 aromatic carbocycles. The Hall–Kier alpha value is -1.36. The van der Waals surface area contributed by atoms with Crippen LogP contribution in [0.4, 0.5) is 0 Å². The number of hydrogen-bond donors (Lipinski definition) is 3. The van der Waals surface area contributed by atoms with Crippen LogP contribution in [-0.4, -0.2) is 32.5 Å². The maximum Gasteiger partial charge on any atom is 0.314 e. The summed E-state index contributed by atoms with van der Waals surface area (Å²) in [7, 11) is 0. The summed E-state index contributed by atoms with van der Waals surface area (Å²) in [6.07, 6.45) is 1.60. The summed E-state index contributed by atoms with van der Waals surface area (Å²) < 4.78 is 0. The van der Waals surface area contributed by atoms with Crippen LogP contribution in [0.2, 0.25) is 0 Å². The third kappa shape index (κ3) is 1.74. The van der Waals surface area contributed by atoms with E-state index < -0.39 is 17.5 Å². The van der Waals surface area contributed by atoms with E-state index in [9.17, 15) is 15.0 Å². The highest BCUT2D eigenvalue weighted by Gasteiger charge is 2.53. The second-order valence-corrected chi connectivity index (χ2v) is 5.86. The third-order valence-corrected chi connectivity index (χ3v) is 3.48. The first-order valence-electron chi connectivity index (χ1n) is 5.73. The summed E-state index contributed by atoms with van der Waals surface area (Å²) in [5.74, 6) is -0.880. The summed E-state index contributed by atoms with van der Waals surface area (Å²) in [5, 5.41) is 25.7. The van der Waals surface area contributed by atoms with Gasteiger partial charge in [0.1, 0.15) is 5.41 Å². The fourth-order valence-corrected chi connectivity index (χ4v) is 2.48. The minimum absolute atomic E-state index is 0.186. The van der Waals surface area contributed by atoms with E-state index in [1.807, 2.05) is 20.8 Å². The maximum absolute atomic E-state index is 11.5. The molecule has 0 spiro atoms. The number of carboxylic acid groups (broad SMARTS) is 1. The van der Waals surface area contributed by atoms with Gasteiger partial charge in [0.15, 0.2) is 0 Å². The van der Waals surface area contributed by atoms with Crippen molar-refractivity contribution in [2.45, 2.75) is 50.5 Å². The molecular formula is C12H18N2O3. The summed E-state index contributed by atoms with van der Waals surface area (Å²) >= 11 is 0. The van der Waals surface area contributed by atoms with Crippen molar-refractivity contribution in [1.29, 1.82) is 0 Å². The van der Waals surface area contributed by atoms with Gasteiger partial charge in [-0.2, -0.15) is 5.10 Å². The molecule has 0 saturated heterocycles. The Labute approximate surface area is 99.9 Å². The molecule has 3 N–H and O–H groups in total. The Morgan fingerprint density at radius 3 is 2.53 bits per heavy atom. The number of aliphatic hydroxyl groups is 1. The normalized spacial score (nSPS) is 28.8. The first-order valence-corrected chi connectivity index (χ1v) is 5.73. The number of nitrogens with zero attached hydrogens (tertiary/aromatic N) is 1. The van der Waals surface area contributed by atoms with Gasteiger partial charge >= 0.3 is 5.97 Å². The molecule has 0 unspecified atom stereocenters. The van der Waals surface area contributed by atoms with Crippen LogP contribution in [0.1, 0.15) is 44.9 Å². The Morgan fingerprint density at radius 1 is 1.53 bits per heavy atom. The zero-order valence-corrected chi connectivity index (χ0v) is 10.3. The molecule has 5 nitrogen and oxygen atoms in total. The number of rotatable bonds is 2. The van der Waals surface area contributed by atoms with E-state index in [1.165, 1.54) is 0 Å². The minimum atomic E-state index is -0.963. The van der Waals surface area contributed by atoms with Crippen LogP contribution >= 0.6 is 0 Å². The molecule has 2 rings (SSSR count). The van der Waals surface area contributed by atoms with Gasteiger partial charge in [0.05, 0.1) is 12.3 Å². The number of H-pyrrole nitrogens is 1. The zero-order valence-electron chi connectivity index (χ0n) is 10.3. The van der Waals surface area contributed by atoms with Gasteiger partial charge in [0, 0.05) is 16.7 Å². The molecule has 94 valence electrons. The Balaban J connectivity index is 2.46. The van der Waals surface area contributed by atoms with Crippen LogP contribution in [0.5, 0.6) is 0 Å². The number of hydrogen-bond acceptors (Lipinski definition) is 3. The average molecular weight is 238 g/mol. The monoisotopic (exact) mass is 238 g/mol. The molecule has 1 saturated carbocycles. The molecule has 17 heavy (non-hydrogen) atoms. The smallest absolute Gasteiger partial charge is 0.314 e. The highest BCUT2D eigenvalue weighted by molar-refractivity contribution is 5.83. The average Bonchev–Trinajstić information content (AvgIpc) is 2.59. The number of carboxylic acids is 1. The lowest BCUT2D eigenvalue weighted by molar-refractivity contribution is -0.153. The van der Waals surface area contributed by atoms with Gasteiger partial charge in [-0.3, -0.25) is 9.89 Å². The predicted octanol–water partition coefficient (Wildman–Crippen LogP) is 1.18. The summed E-state index contributed by atoms with van der Waals surface area (Å²) in [6.45, 7) is 6.03. The van der Waals surface area contributed by atoms with Gasteiger partial charge in [-0.15, -0.1) is 0 Å². The van der Waals surface area contributed by atoms with Crippen molar-refractivity contribution in [3.63, 3.8) is 0 Å². The number of nitrogens with one attached hydrogen (secondary N) is 1. The molecule has 0 atom stereocenters. The maximum atomic E-state index is 11.5. The van der Waals surface area contributed by atoms with Gasteiger partial charge in [-0.05, 0) is 12.8 Å². The van der Waals surface area contributed by atoms with Gasteiger partial charge in [-0.25, -0.2) is 0 Å². The zero-order chi connectivity index (χ0) is 12.8. The summed E-state index contributed by atoms with van der Waals surface area (Å²) in [4.78, 5) is 11.5. The van der Waals surface area contributed by atoms with Crippen LogP contribution in [0.15, 0.2) is 6.20 Å². The minimum Gasteiger partial charge on any atom is -0.481 e. The highest BCUT2D eigenvalue weighted by Crippen LogP contribution is 2.46. The Morgan fingerprint density at radius 2 is 2.12 bits per heavy atom. The van der Waals surface area contributed by atoms with Crippen molar-refractivity contribution in [3.05, 3.63) is 17.5 Å². The second-order valence-electron chi connectivity index (χ2n) is 5.86. The number of aliphatic hydroxyl groups excluding tert-OH is 1. The Bertz CT molecular complexity index is 439.